The van der Waals surface area contributed by atoms with Gasteiger partial charge in [0.2, 0.25) is 0 Å². The highest BCUT2D eigenvalue weighted by atomic mass is 16.3. The predicted octanol–water partition coefficient (Wildman–Crippen LogP) is 1.82. The average Bonchev–Trinajstić information content (AvgIpc) is 3.35. The molecule has 122 valence electrons. The lowest BCUT2D eigenvalue weighted by Gasteiger charge is -2.35. The van der Waals surface area contributed by atoms with Crippen molar-refractivity contribution in [3.05, 3.63) is 61.1 Å². The second-order valence-electron chi connectivity index (χ2n) is 5.62. The molecule has 1 fully saturated rings. The molecule has 0 atom stereocenters. The van der Waals surface area contributed by atoms with Crippen LogP contribution in [0.3, 0.4) is 0 Å². The Kier molecular flexibility index (Phi) is 3.74. The summed E-state index contributed by atoms with van der Waals surface area (Å²) in [7, 11) is 0. The molecule has 1 saturated heterocycles. The number of carbonyl (C=O) groups is 1. The van der Waals surface area contributed by atoms with Crippen LogP contribution >= 0.6 is 0 Å². The molecule has 4 heterocycles. The van der Waals surface area contributed by atoms with E-state index in [4.69, 9.17) is 4.42 Å². The van der Waals surface area contributed by atoms with Gasteiger partial charge < -0.3 is 18.8 Å². The molecule has 0 bridgehead atoms. The Morgan fingerprint density at radius 3 is 2.50 bits per heavy atom. The van der Waals surface area contributed by atoms with Gasteiger partial charge in [-0.3, -0.25) is 4.79 Å². The van der Waals surface area contributed by atoms with Crippen molar-refractivity contribution in [2.75, 3.05) is 31.1 Å². The third-order valence-corrected chi connectivity index (χ3v) is 4.17. The first-order chi connectivity index (χ1) is 11.8. The maximum Gasteiger partial charge on any atom is 0.257 e. The number of aromatic nitrogens is 3. The number of hydrogen-bond acceptors (Lipinski definition) is 5. The number of rotatable bonds is 3. The van der Waals surface area contributed by atoms with E-state index in [-0.39, 0.29) is 5.91 Å². The normalized spacial score (nSPS) is 14.8. The Balaban J connectivity index is 1.44. The highest BCUT2D eigenvalue weighted by molar-refractivity contribution is 5.94. The van der Waals surface area contributed by atoms with Gasteiger partial charge in [-0.2, -0.15) is 0 Å². The zero-order valence-corrected chi connectivity index (χ0v) is 13.1. The first-order valence-corrected chi connectivity index (χ1v) is 7.83. The monoisotopic (exact) mass is 323 g/mol. The van der Waals surface area contributed by atoms with Crippen molar-refractivity contribution < 1.29 is 9.21 Å². The number of piperazine rings is 1. The van der Waals surface area contributed by atoms with Crippen LogP contribution in [-0.2, 0) is 0 Å². The van der Waals surface area contributed by atoms with Gasteiger partial charge in [-0.15, -0.1) is 0 Å². The molecular weight excluding hydrogens is 306 g/mol. The van der Waals surface area contributed by atoms with E-state index in [9.17, 15) is 4.79 Å². The molecular formula is C17H17N5O2. The first-order valence-electron chi connectivity index (χ1n) is 7.83. The first kappa shape index (κ1) is 14.5. The van der Waals surface area contributed by atoms with Crippen LogP contribution in [0.4, 0.5) is 5.82 Å². The van der Waals surface area contributed by atoms with Crippen molar-refractivity contribution in [3.8, 4) is 5.82 Å². The lowest BCUT2D eigenvalue weighted by Crippen LogP contribution is -2.49. The summed E-state index contributed by atoms with van der Waals surface area (Å²) < 4.78 is 6.94. The minimum absolute atomic E-state index is 0.0131. The van der Waals surface area contributed by atoms with Crippen LogP contribution in [-0.4, -0.2) is 51.5 Å². The molecule has 1 amide bonds. The van der Waals surface area contributed by atoms with Crippen LogP contribution in [0.2, 0.25) is 0 Å². The van der Waals surface area contributed by atoms with Crippen LogP contribution in [0.1, 0.15) is 10.4 Å². The standard InChI is InChI=1S/C17H17N5O2/c23-17(14-3-10-24-12-14)22-8-6-21(7-9-22)16-11-15(18-13-19-16)20-4-1-2-5-20/h1-5,10-13H,6-9H2. The van der Waals surface area contributed by atoms with E-state index in [1.165, 1.54) is 12.5 Å². The number of amides is 1. The molecule has 0 aliphatic carbocycles. The number of furan rings is 1. The van der Waals surface area contributed by atoms with Crippen molar-refractivity contribution in [2.45, 2.75) is 0 Å². The molecule has 0 unspecified atom stereocenters. The SMILES string of the molecule is O=C(c1ccoc1)N1CCN(c2cc(-n3cccc3)ncn2)CC1. The molecule has 7 nitrogen and oxygen atoms in total. The van der Waals surface area contributed by atoms with E-state index in [2.05, 4.69) is 14.9 Å². The lowest BCUT2D eigenvalue weighted by molar-refractivity contribution is 0.0746. The molecule has 3 aromatic heterocycles. The van der Waals surface area contributed by atoms with Crippen LogP contribution in [0.5, 0.6) is 0 Å². The second-order valence-corrected chi connectivity index (χ2v) is 5.62. The molecule has 0 spiro atoms. The average molecular weight is 323 g/mol. The topological polar surface area (TPSA) is 67.4 Å². The number of anilines is 1. The summed E-state index contributed by atoms with van der Waals surface area (Å²) in [4.78, 5) is 25.0. The van der Waals surface area contributed by atoms with E-state index in [1.54, 1.807) is 12.4 Å². The van der Waals surface area contributed by atoms with Gasteiger partial charge in [0.05, 0.1) is 11.8 Å². The summed E-state index contributed by atoms with van der Waals surface area (Å²) in [6, 6.07) is 7.58. The number of carbonyl (C=O) groups excluding carboxylic acids is 1. The number of hydrogen-bond donors (Lipinski definition) is 0. The number of nitrogens with zero attached hydrogens (tertiary/aromatic N) is 5. The molecule has 1 aliphatic rings. The summed E-state index contributed by atoms with van der Waals surface area (Å²) in [6.07, 6.45) is 8.49. The highest BCUT2D eigenvalue weighted by Crippen LogP contribution is 2.17. The molecule has 1 aliphatic heterocycles. The molecule has 0 saturated carbocycles. The van der Waals surface area contributed by atoms with Crippen molar-refractivity contribution in [1.82, 2.24) is 19.4 Å². The highest BCUT2D eigenvalue weighted by Gasteiger charge is 2.23. The minimum atomic E-state index is 0.0131. The smallest absolute Gasteiger partial charge is 0.257 e. The zero-order valence-electron chi connectivity index (χ0n) is 13.1. The summed E-state index contributed by atoms with van der Waals surface area (Å²) in [5, 5.41) is 0. The summed E-state index contributed by atoms with van der Waals surface area (Å²) in [5.41, 5.74) is 0.598. The van der Waals surface area contributed by atoms with Crippen LogP contribution in [0.15, 0.2) is 59.9 Å². The fourth-order valence-electron chi connectivity index (χ4n) is 2.85. The van der Waals surface area contributed by atoms with E-state index >= 15 is 0 Å². The molecule has 7 heteroatoms. The molecule has 0 aromatic carbocycles. The fourth-order valence-corrected chi connectivity index (χ4v) is 2.85. The Morgan fingerprint density at radius 2 is 1.79 bits per heavy atom. The maximum absolute atomic E-state index is 12.3. The van der Waals surface area contributed by atoms with Gasteiger partial charge in [-0.25, -0.2) is 9.97 Å². The van der Waals surface area contributed by atoms with E-state index in [0.29, 0.717) is 18.7 Å². The Labute approximate surface area is 139 Å². The molecule has 3 aromatic rings. The van der Waals surface area contributed by atoms with Crippen molar-refractivity contribution in [1.29, 1.82) is 0 Å². The zero-order chi connectivity index (χ0) is 16.4. The van der Waals surface area contributed by atoms with Crippen LogP contribution in [0.25, 0.3) is 5.82 Å². The van der Waals surface area contributed by atoms with Crippen molar-refractivity contribution >= 4 is 11.7 Å². The quantitative estimate of drug-likeness (QED) is 0.735. The minimum Gasteiger partial charge on any atom is -0.472 e. The Bertz CT molecular complexity index is 805. The Hall–Kier alpha value is -3.09. The Morgan fingerprint density at radius 1 is 1.04 bits per heavy atom. The summed E-state index contributed by atoms with van der Waals surface area (Å²) in [6.45, 7) is 2.80. The largest absolute Gasteiger partial charge is 0.472 e. The summed E-state index contributed by atoms with van der Waals surface area (Å²) >= 11 is 0. The molecule has 0 N–H and O–H groups in total. The van der Waals surface area contributed by atoms with Gasteiger partial charge >= 0.3 is 0 Å². The van der Waals surface area contributed by atoms with Gasteiger partial charge in [0, 0.05) is 44.6 Å². The lowest BCUT2D eigenvalue weighted by atomic mass is 10.2. The summed E-state index contributed by atoms with van der Waals surface area (Å²) in [5.74, 6) is 1.73. The van der Waals surface area contributed by atoms with Gasteiger partial charge in [-0.05, 0) is 18.2 Å². The van der Waals surface area contributed by atoms with Gasteiger partial charge in [0.1, 0.15) is 24.2 Å². The molecule has 4 rings (SSSR count). The van der Waals surface area contributed by atoms with Crippen LogP contribution < -0.4 is 4.90 Å². The maximum atomic E-state index is 12.3. The van der Waals surface area contributed by atoms with Crippen molar-refractivity contribution in [3.63, 3.8) is 0 Å². The third kappa shape index (κ3) is 2.76. The van der Waals surface area contributed by atoms with Crippen molar-refractivity contribution in [2.24, 2.45) is 0 Å². The van der Waals surface area contributed by atoms with E-state index < -0.39 is 0 Å². The van der Waals surface area contributed by atoms with Gasteiger partial charge in [-0.1, -0.05) is 0 Å². The van der Waals surface area contributed by atoms with E-state index in [0.717, 1.165) is 24.7 Å². The predicted molar refractivity (Wildman–Crippen MR) is 88.2 cm³/mol. The molecule has 0 radical (unpaired) electrons. The fraction of sp³-hybridized carbons (Fsp3) is 0.235. The second kappa shape index (κ2) is 6.19. The van der Waals surface area contributed by atoms with Gasteiger partial charge in [0.15, 0.2) is 0 Å². The van der Waals surface area contributed by atoms with Crippen LogP contribution in [0, 0.1) is 0 Å². The van der Waals surface area contributed by atoms with Gasteiger partial charge in [0.25, 0.3) is 5.91 Å². The third-order valence-electron chi connectivity index (χ3n) is 4.17. The van der Waals surface area contributed by atoms with E-state index in [1.807, 2.05) is 40.1 Å². The molecule has 24 heavy (non-hydrogen) atoms.